The fourth-order valence-electron chi connectivity index (χ4n) is 5.62. The first kappa shape index (κ1) is 23.2. The Morgan fingerprint density at radius 1 is 1.00 bits per heavy atom. The molecule has 190 valence electrons. The minimum atomic E-state index is -0.595. The summed E-state index contributed by atoms with van der Waals surface area (Å²) < 4.78 is 22.9. The highest BCUT2D eigenvalue weighted by Gasteiger charge is 2.46. The van der Waals surface area contributed by atoms with E-state index in [0.29, 0.717) is 48.1 Å². The molecule has 0 aliphatic carbocycles. The monoisotopic (exact) mass is 500 g/mol. The third-order valence-corrected chi connectivity index (χ3v) is 7.38. The molecule has 0 saturated carbocycles. The van der Waals surface area contributed by atoms with Crippen molar-refractivity contribution >= 4 is 11.8 Å². The molecule has 3 aromatic rings. The largest absolute Gasteiger partial charge is 0.493 e. The fourth-order valence-corrected chi connectivity index (χ4v) is 5.62. The Labute approximate surface area is 215 Å². The lowest BCUT2D eigenvalue weighted by Gasteiger charge is -2.45. The highest BCUT2D eigenvalue weighted by molar-refractivity contribution is 6.01. The van der Waals surface area contributed by atoms with Gasteiger partial charge in [-0.2, -0.15) is 0 Å². The Bertz CT molecular complexity index is 1370. The van der Waals surface area contributed by atoms with E-state index in [9.17, 15) is 9.59 Å². The van der Waals surface area contributed by atoms with Crippen LogP contribution in [-0.4, -0.2) is 56.7 Å². The molecule has 2 amide bonds. The van der Waals surface area contributed by atoms with E-state index in [1.54, 1.807) is 20.3 Å². The number of ether oxygens (including phenoxy) is 4. The molecule has 3 heterocycles. The van der Waals surface area contributed by atoms with Crippen molar-refractivity contribution in [3.05, 3.63) is 82.9 Å². The van der Waals surface area contributed by atoms with Gasteiger partial charge >= 0.3 is 0 Å². The molecule has 8 nitrogen and oxygen atoms in total. The lowest BCUT2D eigenvalue weighted by atomic mass is 9.75. The fraction of sp³-hybridized carbons (Fsp3) is 0.310. The summed E-state index contributed by atoms with van der Waals surface area (Å²) in [5.41, 5.74) is 3.23. The van der Waals surface area contributed by atoms with E-state index in [1.165, 1.54) is 0 Å². The molecule has 0 spiro atoms. The highest BCUT2D eigenvalue weighted by atomic mass is 16.6. The molecule has 0 radical (unpaired) electrons. The zero-order valence-electron chi connectivity index (χ0n) is 20.7. The molecule has 3 atom stereocenters. The van der Waals surface area contributed by atoms with E-state index in [2.05, 4.69) is 5.32 Å². The van der Waals surface area contributed by atoms with Crippen LogP contribution in [0, 0.1) is 0 Å². The van der Waals surface area contributed by atoms with E-state index in [-0.39, 0.29) is 24.5 Å². The summed E-state index contributed by atoms with van der Waals surface area (Å²) in [7, 11) is 3.19. The lowest BCUT2D eigenvalue weighted by molar-refractivity contribution is -0.124. The van der Waals surface area contributed by atoms with Gasteiger partial charge in [-0.25, -0.2) is 0 Å². The first-order chi connectivity index (χ1) is 18.1. The Morgan fingerprint density at radius 2 is 1.73 bits per heavy atom. The number of methoxy groups -OCH3 is 2. The molecule has 3 aliphatic heterocycles. The van der Waals surface area contributed by atoms with Crippen molar-refractivity contribution in [2.45, 2.75) is 24.5 Å². The second-order valence-corrected chi connectivity index (χ2v) is 9.41. The van der Waals surface area contributed by atoms with Gasteiger partial charge in [0.15, 0.2) is 23.0 Å². The Balaban J connectivity index is 1.34. The van der Waals surface area contributed by atoms with Crippen LogP contribution in [0.5, 0.6) is 23.0 Å². The number of nitrogens with one attached hydrogen (secondary N) is 1. The van der Waals surface area contributed by atoms with Crippen molar-refractivity contribution in [3.63, 3.8) is 0 Å². The number of para-hydroxylation sites is 2. The van der Waals surface area contributed by atoms with Gasteiger partial charge in [0.1, 0.15) is 12.7 Å². The second kappa shape index (κ2) is 9.35. The topological polar surface area (TPSA) is 86.3 Å². The van der Waals surface area contributed by atoms with E-state index in [1.807, 2.05) is 59.5 Å². The van der Waals surface area contributed by atoms with Crippen molar-refractivity contribution in [1.29, 1.82) is 0 Å². The van der Waals surface area contributed by atoms with Crippen molar-refractivity contribution in [2.24, 2.45) is 0 Å². The number of nitrogens with zero attached hydrogens (tertiary/aromatic N) is 1. The number of benzene rings is 3. The Kier molecular flexibility index (Phi) is 5.87. The molecule has 3 aromatic carbocycles. The van der Waals surface area contributed by atoms with Crippen LogP contribution in [0.2, 0.25) is 0 Å². The Hall–Kier alpha value is -4.20. The highest BCUT2D eigenvalue weighted by Crippen LogP contribution is 2.48. The molecule has 0 unspecified atom stereocenters. The SMILES string of the molecule is COc1cc2c(cc1OC)[C@@H]1[C@H](C(=O)NC[C@H]3COc4ccccc4O3)c3ccccc3C(=O)N1CC2. The number of carbonyl (C=O) groups is 2. The van der Waals surface area contributed by atoms with Crippen molar-refractivity contribution in [3.8, 4) is 23.0 Å². The predicted molar refractivity (Wildman–Crippen MR) is 136 cm³/mol. The summed E-state index contributed by atoms with van der Waals surface area (Å²) in [5, 5.41) is 3.09. The third kappa shape index (κ3) is 3.93. The van der Waals surface area contributed by atoms with E-state index < -0.39 is 12.0 Å². The molecule has 0 fully saturated rings. The summed E-state index contributed by atoms with van der Waals surface area (Å²) in [4.78, 5) is 29.2. The molecular weight excluding hydrogens is 472 g/mol. The minimum Gasteiger partial charge on any atom is -0.493 e. The molecule has 0 aromatic heterocycles. The van der Waals surface area contributed by atoms with Gasteiger partial charge in [0.05, 0.1) is 32.7 Å². The third-order valence-electron chi connectivity index (χ3n) is 7.38. The van der Waals surface area contributed by atoms with Gasteiger partial charge in [0, 0.05) is 12.1 Å². The standard InChI is InChI=1S/C29H28N2O6/c1-34-24-13-17-11-12-31-27(21(17)14-25(24)35-2)26(19-7-3-4-8-20(19)29(31)33)28(32)30-15-18-16-36-22-9-5-6-10-23(22)37-18/h3-10,13-14,18,26-27H,11-12,15-16H2,1-2H3,(H,30,32)/t18-,26+,27+/m0/s1. The number of amides is 2. The van der Waals surface area contributed by atoms with Crippen LogP contribution in [0.1, 0.15) is 39.0 Å². The van der Waals surface area contributed by atoms with Crippen LogP contribution >= 0.6 is 0 Å². The summed E-state index contributed by atoms with van der Waals surface area (Å²) in [6, 6.07) is 18.3. The van der Waals surface area contributed by atoms with Gasteiger partial charge in [0.2, 0.25) is 5.91 Å². The summed E-state index contributed by atoms with van der Waals surface area (Å²) in [5.74, 6) is 1.74. The zero-order valence-corrected chi connectivity index (χ0v) is 20.7. The second-order valence-electron chi connectivity index (χ2n) is 9.41. The lowest BCUT2D eigenvalue weighted by Crippen LogP contribution is -2.51. The van der Waals surface area contributed by atoms with Crippen LogP contribution in [0.4, 0.5) is 0 Å². The van der Waals surface area contributed by atoms with Crippen LogP contribution < -0.4 is 24.3 Å². The van der Waals surface area contributed by atoms with Gasteiger partial charge in [0.25, 0.3) is 5.91 Å². The molecule has 1 N–H and O–H groups in total. The smallest absolute Gasteiger partial charge is 0.254 e. The molecule has 0 saturated heterocycles. The molecule has 3 aliphatic rings. The maximum absolute atomic E-state index is 13.9. The molecular formula is C29H28N2O6. The van der Waals surface area contributed by atoms with Gasteiger partial charge in [-0.15, -0.1) is 0 Å². The number of hydrogen-bond acceptors (Lipinski definition) is 6. The maximum atomic E-state index is 13.9. The average Bonchev–Trinajstić information content (AvgIpc) is 2.95. The average molecular weight is 501 g/mol. The summed E-state index contributed by atoms with van der Waals surface area (Å²) in [6.07, 6.45) is 0.347. The van der Waals surface area contributed by atoms with Gasteiger partial charge in [-0.3, -0.25) is 9.59 Å². The van der Waals surface area contributed by atoms with Crippen LogP contribution in [0.15, 0.2) is 60.7 Å². The normalized spacial score (nSPS) is 21.3. The quantitative estimate of drug-likeness (QED) is 0.577. The van der Waals surface area contributed by atoms with Crippen LogP contribution in [0.3, 0.4) is 0 Å². The predicted octanol–water partition coefficient (Wildman–Crippen LogP) is 3.50. The Morgan fingerprint density at radius 3 is 2.54 bits per heavy atom. The molecule has 8 heteroatoms. The maximum Gasteiger partial charge on any atom is 0.254 e. The number of carbonyl (C=O) groups excluding carboxylic acids is 2. The van der Waals surface area contributed by atoms with Gasteiger partial charge < -0.3 is 29.2 Å². The summed E-state index contributed by atoms with van der Waals surface area (Å²) >= 11 is 0. The van der Waals surface area contributed by atoms with Crippen molar-refractivity contribution in [1.82, 2.24) is 10.2 Å². The first-order valence-electron chi connectivity index (χ1n) is 12.4. The first-order valence-corrected chi connectivity index (χ1v) is 12.4. The number of rotatable bonds is 5. The molecule has 0 bridgehead atoms. The molecule has 6 rings (SSSR count). The zero-order chi connectivity index (χ0) is 25.5. The van der Waals surface area contributed by atoms with Crippen LogP contribution in [0.25, 0.3) is 0 Å². The molecule has 37 heavy (non-hydrogen) atoms. The number of hydrogen-bond donors (Lipinski definition) is 1. The summed E-state index contributed by atoms with van der Waals surface area (Å²) in [6.45, 7) is 1.14. The van der Waals surface area contributed by atoms with E-state index in [0.717, 1.165) is 16.7 Å². The van der Waals surface area contributed by atoms with Gasteiger partial charge in [-0.05, 0) is 53.4 Å². The van der Waals surface area contributed by atoms with Crippen LogP contribution in [-0.2, 0) is 11.2 Å². The van der Waals surface area contributed by atoms with Gasteiger partial charge in [-0.1, -0.05) is 30.3 Å². The van der Waals surface area contributed by atoms with E-state index >= 15 is 0 Å². The number of fused-ring (bicyclic) bond motifs is 5. The minimum absolute atomic E-state index is 0.0642. The van der Waals surface area contributed by atoms with E-state index in [4.69, 9.17) is 18.9 Å². The van der Waals surface area contributed by atoms with Crippen molar-refractivity contribution in [2.75, 3.05) is 33.9 Å². The van der Waals surface area contributed by atoms with Crippen molar-refractivity contribution < 1.29 is 28.5 Å².